The number of hydrogen-bond donors (Lipinski definition) is 3. The zero-order chi connectivity index (χ0) is 14.7. The van der Waals surface area contributed by atoms with E-state index in [2.05, 4.69) is 6.92 Å². The molecule has 0 fully saturated rings. The first-order valence-electron chi connectivity index (χ1n) is 6.69. The fourth-order valence-electron chi connectivity index (χ4n) is 2.25. The molecular formula is C14H25O4P. The van der Waals surface area contributed by atoms with Crippen LogP contribution in [0.15, 0.2) is 23.5 Å². The minimum Gasteiger partial charge on any atom is -0.427 e. The molecule has 0 aromatic heterocycles. The molecule has 19 heavy (non-hydrogen) atoms. The van der Waals surface area contributed by atoms with E-state index in [1.807, 2.05) is 20.8 Å². The molecule has 5 heteroatoms. The summed E-state index contributed by atoms with van der Waals surface area (Å²) in [6.45, 7) is 8.18. The number of hydrogen-bond acceptors (Lipinski definition) is 4. The Morgan fingerprint density at radius 1 is 1.37 bits per heavy atom. The maximum atomic E-state index is 10.6. The molecule has 0 aliphatic heterocycles. The second-order valence-electron chi connectivity index (χ2n) is 6.15. The van der Waals surface area contributed by atoms with Gasteiger partial charge in [-0.25, -0.2) is 0 Å². The average Bonchev–Trinajstić information content (AvgIpc) is 2.27. The summed E-state index contributed by atoms with van der Waals surface area (Å²) < 4.78 is 5.09. The number of unbranched alkanes of at least 4 members (excludes halogenated alkanes) is 1. The molecule has 0 saturated heterocycles. The van der Waals surface area contributed by atoms with Crippen molar-refractivity contribution in [2.24, 2.45) is 5.41 Å². The predicted octanol–water partition coefficient (Wildman–Crippen LogP) is 3.40. The molecule has 0 heterocycles. The van der Waals surface area contributed by atoms with Gasteiger partial charge >= 0.3 is 8.60 Å². The van der Waals surface area contributed by atoms with Crippen molar-refractivity contribution in [1.82, 2.24) is 0 Å². The Hall–Kier alpha value is -0.410. The first kappa shape index (κ1) is 16.6. The van der Waals surface area contributed by atoms with Gasteiger partial charge in [0.25, 0.3) is 0 Å². The second kappa shape index (κ2) is 6.36. The van der Waals surface area contributed by atoms with Crippen LogP contribution in [0.2, 0.25) is 0 Å². The molecule has 1 rings (SSSR count). The zero-order valence-electron chi connectivity index (χ0n) is 12.2. The summed E-state index contributed by atoms with van der Waals surface area (Å²) in [6, 6.07) is 0. The smallest absolute Gasteiger partial charge is 0.391 e. The zero-order valence-corrected chi connectivity index (χ0v) is 13.1. The largest absolute Gasteiger partial charge is 0.427 e. The molecule has 0 bridgehead atoms. The standard InChI is InChI=1S/C14H25O4P/c1-5-6-8-14(15)9-7-12(18-19(16)17)11(10-14)13(2,3)4/h7,9,15-17H,5-6,8,10H2,1-4H3. The van der Waals surface area contributed by atoms with Gasteiger partial charge in [0.15, 0.2) is 0 Å². The maximum Gasteiger partial charge on any atom is 0.391 e. The van der Waals surface area contributed by atoms with Crippen LogP contribution in [0.4, 0.5) is 0 Å². The highest BCUT2D eigenvalue weighted by Crippen LogP contribution is 2.43. The van der Waals surface area contributed by atoms with Gasteiger partial charge in [-0.1, -0.05) is 40.5 Å². The van der Waals surface area contributed by atoms with E-state index < -0.39 is 14.2 Å². The summed E-state index contributed by atoms with van der Waals surface area (Å²) in [7, 11) is -2.43. The van der Waals surface area contributed by atoms with Crippen LogP contribution in [-0.4, -0.2) is 20.5 Å². The van der Waals surface area contributed by atoms with Crippen molar-refractivity contribution < 1.29 is 19.4 Å². The van der Waals surface area contributed by atoms with E-state index in [0.717, 1.165) is 18.4 Å². The van der Waals surface area contributed by atoms with Crippen LogP contribution in [0, 0.1) is 5.41 Å². The van der Waals surface area contributed by atoms with Gasteiger partial charge in [-0.15, -0.1) is 0 Å². The van der Waals surface area contributed by atoms with Crippen LogP contribution < -0.4 is 0 Å². The molecule has 1 atom stereocenters. The van der Waals surface area contributed by atoms with E-state index in [4.69, 9.17) is 14.3 Å². The van der Waals surface area contributed by atoms with Gasteiger partial charge < -0.3 is 19.4 Å². The lowest BCUT2D eigenvalue weighted by Gasteiger charge is -2.35. The second-order valence-corrected chi connectivity index (χ2v) is 6.84. The topological polar surface area (TPSA) is 69.9 Å². The van der Waals surface area contributed by atoms with E-state index >= 15 is 0 Å². The van der Waals surface area contributed by atoms with Crippen LogP contribution in [0.3, 0.4) is 0 Å². The molecule has 0 spiro atoms. The fourth-order valence-corrected chi connectivity index (χ4v) is 2.59. The maximum absolute atomic E-state index is 10.6. The molecule has 0 saturated carbocycles. The molecule has 1 unspecified atom stereocenters. The molecule has 110 valence electrons. The van der Waals surface area contributed by atoms with Crippen LogP contribution in [0.25, 0.3) is 0 Å². The molecule has 1 aliphatic rings. The van der Waals surface area contributed by atoms with Crippen LogP contribution in [0.1, 0.15) is 53.4 Å². The summed E-state index contributed by atoms with van der Waals surface area (Å²) in [5, 5.41) is 10.6. The monoisotopic (exact) mass is 288 g/mol. The number of allylic oxidation sites excluding steroid dienone is 1. The van der Waals surface area contributed by atoms with Gasteiger partial charge in [-0.3, -0.25) is 0 Å². The normalized spacial score (nSPS) is 24.2. The minimum absolute atomic E-state index is 0.189. The lowest BCUT2D eigenvalue weighted by molar-refractivity contribution is 0.0698. The van der Waals surface area contributed by atoms with Crippen LogP contribution in [0.5, 0.6) is 0 Å². The Morgan fingerprint density at radius 3 is 2.47 bits per heavy atom. The summed E-state index contributed by atoms with van der Waals surface area (Å²) in [6.07, 6.45) is 6.56. The number of aliphatic hydroxyl groups is 1. The van der Waals surface area contributed by atoms with Crippen molar-refractivity contribution in [3.63, 3.8) is 0 Å². The summed E-state index contributed by atoms with van der Waals surface area (Å²) in [4.78, 5) is 18.1. The number of rotatable bonds is 5. The SMILES string of the molecule is CCCCC1(O)C=CC(OP(O)O)=C(C(C)(C)C)C1. The van der Waals surface area contributed by atoms with Gasteiger partial charge in [-0.2, -0.15) is 0 Å². The predicted molar refractivity (Wildman–Crippen MR) is 77.2 cm³/mol. The van der Waals surface area contributed by atoms with E-state index in [1.165, 1.54) is 0 Å². The van der Waals surface area contributed by atoms with Gasteiger partial charge in [0, 0.05) is 6.42 Å². The lowest BCUT2D eigenvalue weighted by atomic mass is 9.75. The van der Waals surface area contributed by atoms with Crippen LogP contribution >= 0.6 is 8.60 Å². The van der Waals surface area contributed by atoms with Crippen molar-refractivity contribution in [3.8, 4) is 0 Å². The van der Waals surface area contributed by atoms with E-state index in [9.17, 15) is 5.11 Å². The lowest BCUT2D eigenvalue weighted by Crippen LogP contribution is -2.32. The summed E-state index contributed by atoms with van der Waals surface area (Å²) in [5.41, 5.74) is -0.116. The quantitative estimate of drug-likeness (QED) is 0.678. The molecule has 0 aromatic rings. The van der Waals surface area contributed by atoms with Gasteiger partial charge in [0.1, 0.15) is 5.76 Å². The Kier molecular flexibility index (Phi) is 5.57. The third-order valence-corrected chi connectivity index (χ3v) is 3.73. The first-order chi connectivity index (χ1) is 8.68. The Bertz CT molecular complexity index is 368. The van der Waals surface area contributed by atoms with Crippen molar-refractivity contribution in [2.75, 3.05) is 0 Å². The van der Waals surface area contributed by atoms with Crippen LogP contribution in [-0.2, 0) is 4.52 Å². The molecule has 4 nitrogen and oxygen atoms in total. The molecular weight excluding hydrogens is 263 g/mol. The van der Waals surface area contributed by atoms with E-state index in [1.54, 1.807) is 12.2 Å². The third kappa shape index (κ3) is 4.88. The third-order valence-electron chi connectivity index (χ3n) is 3.37. The van der Waals surface area contributed by atoms with Crippen molar-refractivity contribution in [2.45, 2.75) is 59.0 Å². The van der Waals surface area contributed by atoms with Crippen molar-refractivity contribution >= 4 is 8.60 Å². The van der Waals surface area contributed by atoms with Gasteiger partial charge in [-0.05, 0) is 29.6 Å². The molecule has 0 aromatic carbocycles. The van der Waals surface area contributed by atoms with Crippen molar-refractivity contribution in [1.29, 1.82) is 0 Å². The first-order valence-corrected chi connectivity index (χ1v) is 7.85. The highest BCUT2D eigenvalue weighted by atomic mass is 31.2. The van der Waals surface area contributed by atoms with E-state index in [0.29, 0.717) is 18.6 Å². The fraction of sp³-hybridized carbons (Fsp3) is 0.714. The summed E-state index contributed by atoms with van der Waals surface area (Å²) >= 11 is 0. The minimum atomic E-state index is -2.43. The Balaban J connectivity index is 2.98. The van der Waals surface area contributed by atoms with E-state index in [-0.39, 0.29) is 5.41 Å². The average molecular weight is 288 g/mol. The van der Waals surface area contributed by atoms with Gasteiger partial charge in [0.05, 0.1) is 5.60 Å². The van der Waals surface area contributed by atoms with Gasteiger partial charge in [0.2, 0.25) is 0 Å². The molecule has 3 N–H and O–H groups in total. The molecule has 1 aliphatic carbocycles. The Labute approximate surface area is 116 Å². The molecule has 0 radical (unpaired) electrons. The van der Waals surface area contributed by atoms with Crippen molar-refractivity contribution in [3.05, 3.63) is 23.5 Å². The summed E-state index contributed by atoms with van der Waals surface area (Å²) in [5.74, 6) is 0.477. The highest BCUT2D eigenvalue weighted by molar-refractivity contribution is 7.39. The Morgan fingerprint density at radius 2 is 2.00 bits per heavy atom. The molecule has 0 amide bonds. The highest BCUT2D eigenvalue weighted by Gasteiger charge is 2.35.